The molecule has 0 fully saturated rings. The Morgan fingerprint density at radius 3 is 2.68 bits per heavy atom. The number of carbonyl (C=O) groups is 1. The van der Waals surface area contributed by atoms with Crippen molar-refractivity contribution in [2.75, 3.05) is 7.05 Å². The highest BCUT2D eigenvalue weighted by atomic mass is 35.5. The Morgan fingerprint density at radius 1 is 1.42 bits per heavy atom. The van der Waals surface area contributed by atoms with Gasteiger partial charge in [0, 0.05) is 24.5 Å². The van der Waals surface area contributed by atoms with E-state index in [0.717, 1.165) is 18.4 Å². The Balaban J connectivity index is 2.56. The third-order valence-electron chi connectivity index (χ3n) is 3.36. The average molecular weight is 283 g/mol. The molecule has 0 aromatic heterocycles. The van der Waals surface area contributed by atoms with Crippen LogP contribution in [0.2, 0.25) is 5.02 Å². The number of hydrogen-bond donors (Lipinski definition) is 1. The Bertz CT molecular complexity index is 420. The van der Waals surface area contributed by atoms with Gasteiger partial charge in [-0.05, 0) is 44.4 Å². The van der Waals surface area contributed by atoms with Gasteiger partial charge in [0.25, 0.3) is 0 Å². The third-order valence-corrected chi connectivity index (χ3v) is 3.59. The second kappa shape index (κ2) is 7.51. The van der Waals surface area contributed by atoms with Crippen LogP contribution in [0.15, 0.2) is 24.3 Å². The molecule has 0 bridgehead atoms. The predicted octanol–water partition coefficient (Wildman–Crippen LogP) is 3.38. The molecule has 0 saturated heterocycles. The lowest BCUT2D eigenvalue weighted by atomic mass is 10.1. The zero-order valence-electron chi connectivity index (χ0n) is 11.9. The molecule has 3 nitrogen and oxygen atoms in total. The van der Waals surface area contributed by atoms with Gasteiger partial charge in [-0.3, -0.25) is 4.79 Å². The molecule has 2 atom stereocenters. The van der Waals surface area contributed by atoms with Crippen LogP contribution in [0.3, 0.4) is 0 Å². The molecule has 1 aromatic carbocycles. The van der Waals surface area contributed by atoms with E-state index in [9.17, 15) is 4.79 Å². The number of nitrogens with zero attached hydrogens (tertiary/aromatic N) is 1. The molecule has 0 aliphatic heterocycles. The molecule has 0 aliphatic rings. The standard InChI is InChI=1S/C15H23ClN2O/c1-11(17)6-4-9-15(19)18(3)12(2)13-7-5-8-14(16)10-13/h5,7-8,10-12H,4,6,9,17H2,1-3H3. The molecule has 4 heteroatoms. The number of hydrogen-bond acceptors (Lipinski definition) is 2. The maximum Gasteiger partial charge on any atom is 0.222 e. The van der Waals surface area contributed by atoms with Crippen LogP contribution in [0.25, 0.3) is 0 Å². The number of halogens is 1. The van der Waals surface area contributed by atoms with Gasteiger partial charge in [-0.25, -0.2) is 0 Å². The predicted molar refractivity (Wildman–Crippen MR) is 80.1 cm³/mol. The van der Waals surface area contributed by atoms with Gasteiger partial charge < -0.3 is 10.6 Å². The number of carbonyl (C=O) groups excluding carboxylic acids is 1. The Kier molecular flexibility index (Phi) is 6.32. The molecule has 0 saturated carbocycles. The summed E-state index contributed by atoms with van der Waals surface area (Å²) in [5, 5.41) is 0.696. The Labute approximate surface area is 120 Å². The summed E-state index contributed by atoms with van der Waals surface area (Å²) >= 11 is 5.97. The largest absolute Gasteiger partial charge is 0.339 e. The summed E-state index contributed by atoms with van der Waals surface area (Å²) in [6, 6.07) is 7.82. The summed E-state index contributed by atoms with van der Waals surface area (Å²) in [5.41, 5.74) is 6.73. The first-order valence-electron chi connectivity index (χ1n) is 6.68. The van der Waals surface area contributed by atoms with Gasteiger partial charge in [0.15, 0.2) is 0 Å². The quantitative estimate of drug-likeness (QED) is 0.869. The second-order valence-electron chi connectivity index (χ2n) is 5.11. The summed E-state index contributed by atoms with van der Waals surface area (Å²) in [5.74, 6) is 0.146. The first-order chi connectivity index (χ1) is 8.91. The van der Waals surface area contributed by atoms with Crippen molar-refractivity contribution in [3.63, 3.8) is 0 Å². The molecule has 2 N–H and O–H groups in total. The van der Waals surface area contributed by atoms with E-state index in [4.69, 9.17) is 17.3 Å². The molecule has 0 radical (unpaired) electrons. The lowest BCUT2D eigenvalue weighted by Gasteiger charge is -2.25. The SMILES string of the molecule is CC(N)CCCC(=O)N(C)C(C)c1cccc(Cl)c1. The fraction of sp³-hybridized carbons (Fsp3) is 0.533. The molecule has 1 amide bonds. The maximum atomic E-state index is 12.1. The normalized spacial score (nSPS) is 13.9. The summed E-state index contributed by atoms with van der Waals surface area (Å²) in [4.78, 5) is 13.8. The fourth-order valence-corrected chi connectivity index (χ4v) is 2.16. The number of amides is 1. The molecule has 2 unspecified atom stereocenters. The fourth-order valence-electron chi connectivity index (χ4n) is 1.96. The van der Waals surface area contributed by atoms with Crippen molar-refractivity contribution in [1.82, 2.24) is 4.90 Å². The van der Waals surface area contributed by atoms with Crippen molar-refractivity contribution >= 4 is 17.5 Å². The van der Waals surface area contributed by atoms with E-state index in [0.29, 0.717) is 11.4 Å². The van der Waals surface area contributed by atoms with Crippen LogP contribution in [0.4, 0.5) is 0 Å². The van der Waals surface area contributed by atoms with Gasteiger partial charge in [0.2, 0.25) is 5.91 Å². The minimum absolute atomic E-state index is 0.0292. The first kappa shape index (κ1) is 16.0. The van der Waals surface area contributed by atoms with Crippen molar-refractivity contribution in [2.45, 2.75) is 45.2 Å². The van der Waals surface area contributed by atoms with Crippen LogP contribution in [-0.4, -0.2) is 23.9 Å². The number of benzene rings is 1. The molecule has 1 rings (SSSR count). The molecule has 0 spiro atoms. The molecule has 19 heavy (non-hydrogen) atoms. The van der Waals surface area contributed by atoms with E-state index < -0.39 is 0 Å². The molecular weight excluding hydrogens is 260 g/mol. The van der Waals surface area contributed by atoms with Crippen LogP contribution in [0.5, 0.6) is 0 Å². The number of nitrogens with two attached hydrogens (primary N) is 1. The molecule has 0 heterocycles. The van der Waals surface area contributed by atoms with Crippen molar-refractivity contribution in [1.29, 1.82) is 0 Å². The van der Waals surface area contributed by atoms with E-state index in [-0.39, 0.29) is 18.0 Å². The lowest BCUT2D eigenvalue weighted by Crippen LogP contribution is -2.29. The van der Waals surface area contributed by atoms with Gasteiger partial charge in [-0.1, -0.05) is 23.7 Å². The van der Waals surface area contributed by atoms with Crippen LogP contribution in [0.1, 0.15) is 44.7 Å². The highest BCUT2D eigenvalue weighted by Crippen LogP contribution is 2.22. The van der Waals surface area contributed by atoms with Crippen LogP contribution >= 0.6 is 11.6 Å². The molecular formula is C15H23ClN2O. The smallest absolute Gasteiger partial charge is 0.222 e. The highest BCUT2D eigenvalue weighted by molar-refractivity contribution is 6.30. The first-order valence-corrected chi connectivity index (χ1v) is 7.06. The summed E-state index contributed by atoms with van der Waals surface area (Å²) < 4.78 is 0. The van der Waals surface area contributed by atoms with Gasteiger partial charge in [0.1, 0.15) is 0 Å². The van der Waals surface area contributed by atoms with Crippen LogP contribution in [-0.2, 0) is 4.79 Å². The second-order valence-corrected chi connectivity index (χ2v) is 5.54. The average Bonchev–Trinajstić information content (AvgIpc) is 2.36. The summed E-state index contributed by atoms with van der Waals surface area (Å²) in [6.45, 7) is 3.97. The third kappa shape index (κ3) is 5.21. The molecule has 0 aliphatic carbocycles. The van der Waals surface area contributed by atoms with Crippen LogP contribution < -0.4 is 5.73 Å². The zero-order valence-corrected chi connectivity index (χ0v) is 12.7. The summed E-state index contributed by atoms with van der Waals surface area (Å²) in [6.07, 6.45) is 2.26. The van der Waals surface area contributed by atoms with Crippen molar-refractivity contribution in [3.8, 4) is 0 Å². The maximum absolute atomic E-state index is 12.1. The van der Waals surface area contributed by atoms with Crippen molar-refractivity contribution < 1.29 is 4.79 Å². The van der Waals surface area contributed by atoms with Crippen molar-refractivity contribution in [2.24, 2.45) is 5.73 Å². The van der Waals surface area contributed by atoms with Crippen molar-refractivity contribution in [3.05, 3.63) is 34.9 Å². The van der Waals surface area contributed by atoms with Gasteiger partial charge in [0.05, 0.1) is 6.04 Å². The monoisotopic (exact) mass is 282 g/mol. The van der Waals surface area contributed by atoms with Gasteiger partial charge in [-0.15, -0.1) is 0 Å². The van der Waals surface area contributed by atoms with Gasteiger partial charge >= 0.3 is 0 Å². The van der Waals surface area contributed by atoms with E-state index in [1.807, 2.05) is 45.2 Å². The topological polar surface area (TPSA) is 46.3 Å². The number of rotatable bonds is 6. The van der Waals surface area contributed by atoms with E-state index in [1.54, 1.807) is 4.90 Å². The van der Waals surface area contributed by atoms with E-state index >= 15 is 0 Å². The lowest BCUT2D eigenvalue weighted by molar-refractivity contribution is -0.131. The molecule has 1 aromatic rings. The van der Waals surface area contributed by atoms with Gasteiger partial charge in [-0.2, -0.15) is 0 Å². The Morgan fingerprint density at radius 2 is 2.11 bits per heavy atom. The Hall–Kier alpha value is -1.06. The van der Waals surface area contributed by atoms with Crippen LogP contribution in [0, 0.1) is 0 Å². The minimum atomic E-state index is 0.0292. The minimum Gasteiger partial charge on any atom is -0.339 e. The molecule has 106 valence electrons. The zero-order chi connectivity index (χ0) is 14.4. The summed E-state index contributed by atoms with van der Waals surface area (Å²) in [7, 11) is 1.83. The van der Waals surface area contributed by atoms with E-state index in [2.05, 4.69) is 0 Å². The van der Waals surface area contributed by atoms with E-state index in [1.165, 1.54) is 0 Å². The highest BCUT2D eigenvalue weighted by Gasteiger charge is 2.17.